The largest absolute Gasteiger partial charge is 0.467 e. The van der Waals surface area contributed by atoms with Crippen LogP contribution in [0.1, 0.15) is 16.1 Å². The summed E-state index contributed by atoms with van der Waals surface area (Å²) < 4.78 is 19.0. The number of aromatic nitrogens is 2. The van der Waals surface area contributed by atoms with Crippen molar-refractivity contribution in [3.05, 3.63) is 59.8 Å². The van der Waals surface area contributed by atoms with Gasteiger partial charge in [0.1, 0.15) is 11.6 Å². The number of rotatable bonds is 7. The molecule has 2 aromatic heterocycles. The molecule has 0 unspecified atom stereocenters. The number of hydrogen-bond acceptors (Lipinski definition) is 8. The lowest BCUT2D eigenvalue weighted by atomic mass is 10.2. The van der Waals surface area contributed by atoms with Crippen molar-refractivity contribution in [3.63, 3.8) is 0 Å². The molecular formula is C20H20FN5O3S2. The average Bonchev–Trinajstić information content (AvgIpc) is 3.49. The summed E-state index contributed by atoms with van der Waals surface area (Å²) in [6.45, 7) is 2.72. The molecule has 11 heteroatoms. The van der Waals surface area contributed by atoms with E-state index in [0.29, 0.717) is 48.4 Å². The number of carbonyl (C=O) groups is 2. The quantitative estimate of drug-likeness (QED) is 0.541. The second-order valence-electron chi connectivity index (χ2n) is 6.78. The lowest BCUT2D eigenvalue weighted by molar-refractivity contribution is -0.118. The number of nitrogens with zero attached hydrogens (tertiary/aromatic N) is 4. The zero-order valence-electron chi connectivity index (χ0n) is 16.5. The van der Waals surface area contributed by atoms with E-state index < -0.39 is 0 Å². The van der Waals surface area contributed by atoms with Crippen LogP contribution in [0.3, 0.4) is 0 Å². The summed E-state index contributed by atoms with van der Waals surface area (Å²) in [4.78, 5) is 28.3. The maximum Gasteiger partial charge on any atom is 0.253 e. The number of thioether (sulfide) groups is 1. The van der Waals surface area contributed by atoms with Crippen LogP contribution in [0.5, 0.6) is 0 Å². The minimum absolute atomic E-state index is 0.103. The third-order valence-corrected chi connectivity index (χ3v) is 6.81. The van der Waals surface area contributed by atoms with E-state index in [1.54, 1.807) is 23.3 Å². The Balaban J connectivity index is 1.23. The number of piperazine rings is 1. The van der Waals surface area contributed by atoms with Crippen molar-refractivity contribution in [1.29, 1.82) is 0 Å². The Kier molecular flexibility index (Phi) is 6.82. The standard InChI is InChI=1S/C20H20FN5O3S2/c21-15-5-3-14(4-6-15)18(28)25-7-9-26(10-8-25)19-23-24-20(31-19)30-13-17(27)22-12-16-2-1-11-29-16/h1-6,11H,7-10,12-13H2,(H,22,27). The zero-order chi connectivity index (χ0) is 21.6. The summed E-state index contributed by atoms with van der Waals surface area (Å²) >= 11 is 2.76. The van der Waals surface area contributed by atoms with E-state index in [-0.39, 0.29) is 23.4 Å². The Morgan fingerprint density at radius 1 is 1.13 bits per heavy atom. The van der Waals surface area contributed by atoms with E-state index in [1.165, 1.54) is 47.4 Å². The summed E-state index contributed by atoms with van der Waals surface area (Å²) in [5, 5.41) is 11.9. The fraction of sp³-hybridized carbons (Fsp3) is 0.300. The molecule has 1 saturated heterocycles. The van der Waals surface area contributed by atoms with Gasteiger partial charge in [0.05, 0.1) is 18.6 Å². The van der Waals surface area contributed by atoms with Crippen LogP contribution >= 0.6 is 23.1 Å². The Labute approximate surface area is 186 Å². The molecule has 3 heterocycles. The molecule has 1 fully saturated rings. The van der Waals surface area contributed by atoms with Crippen molar-refractivity contribution in [2.75, 3.05) is 36.8 Å². The van der Waals surface area contributed by atoms with E-state index in [2.05, 4.69) is 20.4 Å². The molecule has 1 N–H and O–H groups in total. The highest BCUT2D eigenvalue weighted by atomic mass is 32.2. The molecule has 1 aliphatic rings. The van der Waals surface area contributed by atoms with Gasteiger partial charge in [-0.25, -0.2) is 4.39 Å². The fourth-order valence-electron chi connectivity index (χ4n) is 3.04. The zero-order valence-corrected chi connectivity index (χ0v) is 18.1. The van der Waals surface area contributed by atoms with Crippen molar-refractivity contribution < 1.29 is 18.4 Å². The van der Waals surface area contributed by atoms with Gasteiger partial charge in [0.2, 0.25) is 11.0 Å². The number of benzene rings is 1. The molecule has 162 valence electrons. The van der Waals surface area contributed by atoms with E-state index in [1.807, 2.05) is 0 Å². The molecule has 0 atom stereocenters. The highest BCUT2D eigenvalue weighted by Gasteiger charge is 2.24. The summed E-state index contributed by atoms with van der Waals surface area (Å²) in [6.07, 6.45) is 1.57. The Morgan fingerprint density at radius 3 is 2.61 bits per heavy atom. The third kappa shape index (κ3) is 5.61. The maximum atomic E-state index is 13.1. The third-order valence-electron chi connectivity index (χ3n) is 4.69. The first-order valence-corrected chi connectivity index (χ1v) is 11.4. The molecule has 0 radical (unpaired) electrons. The molecule has 31 heavy (non-hydrogen) atoms. The first kappa shape index (κ1) is 21.3. The van der Waals surface area contributed by atoms with Crippen LogP contribution < -0.4 is 10.2 Å². The van der Waals surface area contributed by atoms with Crippen molar-refractivity contribution in [1.82, 2.24) is 20.4 Å². The van der Waals surface area contributed by atoms with Gasteiger partial charge in [0.15, 0.2) is 4.34 Å². The number of amides is 2. The predicted molar refractivity (Wildman–Crippen MR) is 116 cm³/mol. The number of carbonyl (C=O) groups excluding carboxylic acids is 2. The molecule has 4 rings (SSSR count). The van der Waals surface area contributed by atoms with Gasteiger partial charge in [-0.1, -0.05) is 23.1 Å². The monoisotopic (exact) mass is 461 g/mol. The van der Waals surface area contributed by atoms with Crippen molar-refractivity contribution in [2.24, 2.45) is 0 Å². The van der Waals surface area contributed by atoms with Gasteiger partial charge in [0, 0.05) is 31.7 Å². The summed E-state index contributed by atoms with van der Waals surface area (Å²) in [7, 11) is 0. The SMILES string of the molecule is O=C(CSc1nnc(N2CCN(C(=O)c3ccc(F)cc3)CC2)s1)NCc1ccco1. The molecule has 8 nitrogen and oxygen atoms in total. The van der Waals surface area contributed by atoms with Crippen molar-refractivity contribution in [2.45, 2.75) is 10.9 Å². The minimum Gasteiger partial charge on any atom is -0.467 e. The van der Waals surface area contributed by atoms with Crippen LogP contribution in [-0.4, -0.2) is 58.8 Å². The smallest absolute Gasteiger partial charge is 0.253 e. The predicted octanol–water partition coefficient (Wildman–Crippen LogP) is 2.64. The van der Waals surface area contributed by atoms with Crippen LogP contribution in [-0.2, 0) is 11.3 Å². The molecule has 3 aromatic rings. The normalized spacial score (nSPS) is 14.0. The van der Waals surface area contributed by atoms with Gasteiger partial charge in [0.25, 0.3) is 5.91 Å². The molecule has 2 amide bonds. The van der Waals surface area contributed by atoms with E-state index in [9.17, 15) is 14.0 Å². The summed E-state index contributed by atoms with van der Waals surface area (Å²) in [5.74, 6) is 0.379. The molecule has 0 saturated carbocycles. The van der Waals surface area contributed by atoms with Gasteiger partial charge >= 0.3 is 0 Å². The number of furan rings is 1. The number of hydrogen-bond donors (Lipinski definition) is 1. The van der Waals surface area contributed by atoms with Gasteiger partial charge in [-0.05, 0) is 36.4 Å². The topological polar surface area (TPSA) is 91.6 Å². The van der Waals surface area contributed by atoms with Crippen LogP contribution in [0.2, 0.25) is 0 Å². The first-order valence-electron chi connectivity index (χ1n) is 9.63. The van der Waals surface area contributed by atoms with Gasteiger partial charge < -0.3 is 19.5 Å². The molecule has 0 aliphatic carbocycles. The highest BCUT2D eigenvalue weighted by molar-refractivity contribution is 8.01. The van der Waals surface area contributed by atoms with Crippen molar-refractivity contribution in [3.8, 4) is 0 Å². The summed E-state index contributed by atoms with van der Waals surface area (Å²) in [6, 6.07) is 9.17. The second kappa shape index (κ2) is 9.92. The van der Waals surface area contributed by atoms with Crippen molar-refractivity contribution >= 4 is 40.0 Å². The van der Waals surface area contributed by atoms with Crippen LogP contribution in [0.4, 0.5) is 9.52 Å². The first-order chi connectivity index (χ1) is 15.1. The second-order valence-corrected chi connectivity index (χ2v) is 8.96. The average molecular weight is 462 g/mol. The van der Waals surface area contributed by atoms with Gasteiger partial charge in [-0.3, -0.25) is 9.59 Å². The van der Waals surface area contributed by atoms with Gasteiger partial charge in [-0.15, -0.1) is 10.2 Å². The van der Waals surface area contributed by atoms with Crippen LogP contribution in [0, 0.1) is 5.82 Å². The molecule has 1 aliphatic heterocycles. The number of nitrogens with one attached hydrogen (secondary N) is 1. The molecule has 0 bridgehead atoms. The van der Waals surface area contributed by atoms with Crippen LogP contribution in [0.15, 0.2) is 51.4 Å². The highest BCUT2D eigenvalue weighted by Crippen LogP contribution is 2.28. The minimum atomic E-state index is -0.360. The Morgan fingerprint density at radius 2 is 1.90 bits per heavy atom. The lowest BCUT2D eigenvalue weighted by Gasteiger charge is -2.34. The van der Waals surface area contributed by atoms with Gasteiger partial charge in [-0.2, -0.15) is 0 Å². The van der Waals surface area contributed by atoms with E-state index >= 15 is 0 Å². The van der Waals surface area contributed by atoms with Crippen LogP contribution in [0.25, 0.3) is 0 Å². The molecule has 0 spiro atoms. The molecular weight excluding hydrogens is 441 g/mol. The Bertz CT molecular complexity index is 1020. The van der Waals surface area contributed by atoms with E-state index in [4.69, 9.17) is 4.42 Å². The Hall–Kier alpha value is -2.92. The fourth-order valence-corrected chi connectivity index (χ4v) is 4.76. The summed E-state index contributed by atoms with van der Waals surface area (Å²) in [5.41, 5.74) is 0.481. The number of halogens is 1. The number of anilines is 1. The van der Waals surface area contributed by atoms with E-state index in [0.717, 1.165) is 5.13 Å². The lowest BCUT2D eigenvalue weighted by Crippen LogP contribution is -2.48. The molecule has 1 aromatic carbocycles. The maximum absolute atomic E-state index is 13.1.